The van der Waals surface area contributed by atoms with Gasteiger partial charge in [0.2, 0.25) is 0 Å². The molecular weight excluding hydrogens is 264 g/mol. The minimum Gasteiger partial charge on any atom is -0.487 e. The Bertz CT molecular complexity index is 667. The van der Waals surface area contributed by atoms with Gasteiger partial charge in [0, 0.05) is 18.1 Å². The fraction of sp³-hybridized carbons (Fsp3) is 0.154. The van der Waals surface area contributed by atoms with Crippen LogP contribution in [0.5, 0.6) is 5.75 Å². The van der Waals surface area contributed by atoms with Gasteiger partial charge in [0.25, 0.3) is 0 Å². The van der Waals surface area contributed by atoms with Crippen LogP contribution in [0.4, 0.5) is 5.69 Å². The van der Waals surface area contributed by atoms with E-state index < -0.39 is 9.84 Å². The highest BCUT2D eigenvalue weighted by Crippen LogP contribution is 2.17. The lowest BCUT2D eigenvalue weighted by Crippen LogP contribution is -2.00. The maximum Gasteiger partial charge on any atom is 0.175 e. The van der Waals surface area contributed by atoms with Crippen LogP contribution in [-0.4, -0.2) is 19.7 Å². The molecule has 6 heteroatoms. The molecule has 0 saturated heterocycles. The first-order valence-electron chi connectivity index (χ1n) is 5.58. The molecule has 0 aliphatic rings. The van der Waals surface area contributed by atoms with Gasteiger partial charge in [0.1, 0.15) is 12.4 Å². The Hall–Kier alpha value is -2.08. The lowest BCUT2D eigenvalue weighted by molar-refractivity contribution is 0.301. The molecular formula is C13H14N2O3S. The summed E-state index contributed by atoms with van der Waals surface area (Å²) in [4.78, 5) is 4.38. The Morgan fingerprint density at radius 2 is 1.89 bits per heavy atom. The number of sulfone groups is 1. The molecule has 0 fully saturated rings. The van der Waals surface area contributed by atoms with Crippen LogP contribution >= 0.6 is 0 Å². The molecule has 0 amide bonds. The average molecular weight is 278 g/mol. The number of rotatable bonds is 4. The molecule has 19 heavy (non-hydrogen) atoms. The molecule has 0 aliphatic heterocycles. The third kappa shape index (κ3) is 3.69. The van der Waals surface area contributed by atoms with Gasteiger partial charge in [-0.1, -0.05) is 0 Å². The molecule has 2 aromatic rings. The molecule has 1 heterocycles. The van der Waals surface area contributed by atoms with Crippen LogP contribution in [-0.2, 0) is 16.4 Å². The molecule has 2 N–H and O–H groups in total. The maximum atomic E-state index is 11.3. The van der Waals surface area contributed by atoms with E-state index in [2.05, 4.69) is 4.98 Å². The summed E-state index contributed by atoms with van der Waals surface area (Å²) in [5, 5.41) is 0. The largest absolute Gasteiger partial charge is 0.487 e. The molecule has 0 spiro atoms. The molecule has 1 aromatic carbocycles. The minimum atomic E-state index is -3.18. The van der Waals surface area contributed by atoms with Crippen molar-refractivity contribution in [1.29, 1.82) is 0 Å². The minimum absolute atomic E-state index is 0.266. The van der Waals surface area contributed by atoms with Gasteiger partial charge < -0.3 is 10.5 Å². The van der Waals surface area contributed by atoms with Crippen LogP contribution in [0, 0.1) is 0 Å². The van der Waals surface area contributed by atoms with Gasteiger partial charge in [-0.2, -0.15) is 0 Å². The molecule has 0 aliphatic carbocycles. The Balaban J connectivity index is 2.05. The summed E-state index contributed by atoms with van der Waals surface area (Å²) in [6.07, 6.45) is 2.78. The van der Waals surface area contributed by atoms with Crippen molar-refractivity contribution in [1.82, 2.24) is 4.98 Å². The molecule has 1 aromatic heterocycles. The van der Waals surface area contributed by atoms with Crippen LogP contribution in [0.25, 0.3) is 0 Å². The normalized spacial score (nSPS) is 11.2. The van der Waals surface area contributed by atoms with E-state index in [1.165, 1.54) is 18.4 Å². The number of hydrogen-bond acceptors (Lipinski definition) is 5. The van der Waals surface area contributed by atoms with E-state index in [9.17, 15) is 8.42 Å². The van der Waals surface area contributed by atoms with E-state index in [4.69, 9.17) is 10.5 Å². The van der Waals surface area contributed by atoms with E-state index in [-0.39, 0.29) is 11.5 Å². The molecule has 0 bridgehead atoms. The van der Waals surface area contributed by atoms with Crippen molar-refractivity contribution in [2.75, 3.05) is 12.0 Å². The third-order valence-corrected chi connectivity index (χ3v) is 3.61. The van der Waals surface area contributed by atoms with Gasteiger partial charge in [0.15, 0.2) is 9.84 Å². The summed E-state index contributed by atoms with van der Waals surface area (Å²) in [6.45, 7) is 0.281. The van der Waals surface area contributed by atoms with Crippen molar-refractivity contribution >= 4 is 15.5 Å². The van der Waals surface area contributed by atoms with Gasteiger partial charge in [-0.05, 0) is 36.4 Å². The van der Waals surface area contributed by atoms with Crippen molar-refractivity contribution in [3.8, 4) is 5.75 Å². The van der Waals surface area contributed by atoms with Crippen molar-refractivity contribution in [2.24, 2.45) is 0 Å². The fourth-order valence-corrected chi connectivity index (χ4v) is 2.15. The van der Waals surface area contributed by atoms with Gasteiger partial charge in [0.05, 0.1) is 10.6 Å². The first kappa shape index (κ1) is 13.4. The number of ether oxygens (including phenoxy) is 1. The lowest BCUT2D eigenvalue weighted by Gasteiger charge is -2.06. The number of nitrogens with two attached hydrogens (primary N) is 1. The van der Waals surface area contributed by atoms with Crippen LogP contribution in [0.3, 0.4) is 0 Å². The van der Waals surface area contributed by atoms with Gasteiger partial charge in [-0.3, -0.25) is 4.98 Å². The second-order valence-corrected chi connectivity index (χ2v) is 6.13. The Labute approximate surface area is 112 Å². The first-order chi connectivity index (χ1) is 8.95. The summed E-state index contributed by atoms with van der Waals surface area (Å²) in [5.74, 6) is 0.580. The van der Waals surface area contributed by atoms with Crippen molar-refractivity contribution in [3.63, 3.8) is 0 Å². The van der Waals surface area contributed by atoms with E-state index in [1.807, 2.05) is 0 Å². The molecule has 0 saturated carbocycles. The lowest BCUT2D eigenvalue weighted by atomic mass is 10.3. The first-order valence-corrected chi connectivity index (χ1v) is 7.47. The van der Waals surface area contributed by atoms with Crippen molar-refractivity contribution in [2.45, 2.75) is 11.5 Å². The molecule has 2 rings (SSSR count). The van der Waals surface area contributed by atoms with Crippen LogP contribution < -0.4 is 10.5 Å². The van der Waals surface area contributed by atoms with E-state index >= 15 is 0 Å². The van der Waals surface area contributed by atoms with Crippen LogP contribution in [0.2, 0.25) is 0 Å². The zero-order valence-corrected chi connectivity index (χ0v) is 11.2. The zero-order valence-electron chi connectivity index (χ0n) is 10.4. The van der Waals surface area contributed by atoms with Crippen molar-refractivity contribution < 1.29 is 13.2 Å². The highest BCUT2D eigenvalue weighted by molar-refractivity contribution is 7.90. The second kappa shape index (κ2) is 5.27. The number of anilines is 1. The number of benzene rings is 1. The van der Waals surface area contributed by atoms with E-state index in [1.54, 1.807) is 30.5 Å². The summed E-state index contributed by atoms with van der Waals surface area (Å²) < 4.78 is 28.1. The SMILES string of the molecule is CS(=O)(=O)c1ccc(OCc2cc(N)ccn2)cc1. The van der Waals surface area contributed by atoms with Crippen LogP contribution in [0.1, 0.15) is 5.69 Å². The molecule has 0 atom stereocenters. The highest BCUT2D eigenvalue weighted by atomic mass is 32.2. The van der Waals surface area contributed by atoms with E-state index in [0.717, 1.165) is 0 Å². The molecule has 0 radical (unpaired) electrons. The third-order valence-electron chi connectivity index (χ3n) is 2.48. The zero-order chi connectivity index (χ0) is 13.9. The predicted octanol–water partition coefficient (Wildman–Crippen LogP) is 1.65. The summed E-state index contributed by atoms with van der Waals surface area (Å²) >= 11 is 0. The quantitative estimate of drug-likeness (QED) is 0.919. The fourth-order valence-electron chi connectivity index (χ4n) is 1.52. The average Bonchev–Trinajstić information content (AvgIpc) is 2.36. The Kier molecular flexibility index (Phi) is 3.71. The summed E-state index contributed by atoms with van der Waals surface area (Å²) in [7, 11) is -3.18. The maximum absolute atomic E-state index is 11.3. The monoisotopic (exact) mass is 278 g/mol. The van der Waals surface area contributed by atoms with Gasteiger partial charge >= 0.3 is 0 Å². The summed E-state index contributed by atoms with van der Waals surface area (Å²) in [5.41, 5.74) is 6.97. The number of aromatic nitrogens is 1. The topological polar surface area (TPSA) is 82.3 Å². The molecule has 100 valence electrons. The van der Waals surface area contributed by atoms with Crippen LogP contribution in [0.15, 0.2) is 47.5 Å². The van der Waals surface area contributed by atoms with Gasteiger partial charge in [-0.25, -0.2) is 8.42 Å². The standard InChI is InChI=1S/C13H14N2O3S/c1-19(16,17)13-4-2-12(3-5-13)18-9-11-8-10(14)6-7-15-11/h2-8H,9H2,1H3,(H2,14,15). The Morgan fingerprint density at radius 3 is 2.47 bits per heavy atom. The predicted molar refractivity (Wildman–Crippen MR) is 72.5 cm³/mol. The number of nitrogens with zero attached hydrogens (tertiary/aromatic N) is 1. The number of pyridine rings is 1. The van der Waals surface area contributed by atoms with Gasteiger partial charge in [-0.15, -0.1) is 0 Å². The smallest absolute Gasteiger partial charge is 0.175 e. The molecule has 5 nitrogen and oxygen atoms in total. The Morgan fingerprint density at radius 1 is 1.21 bits per heavy atom. The summed E-state index contributed by atoms with van der Waals surface area (Å²) in [6, 6.07) is 9.68. The molecule has 0 unspecified atom stereocenters. The van der Waals surface area contributed by atoms with E-state index in [0.29, 0.717) is 17.1 Å². The highest BCUT2D eigenvalue weighted by Gasteiger charge is 2.06. The van der Waals surface area contributed by atoms with Crippen molar-refractivity contribution in [3.05, 3.63) is 48.3 Å². The number of hydrogen-bond donors (Lipinski definition) is 1. The second-order valence-electron chi connectivity index (χ2n) is 4.11. The number of nitrogen functional groups attached to an aromatic ring is 1.